The number of nitrogen functional groups attached to an aromatic ring is 1. The smallest absolute Gasteiger partial charge is 0.387 e. The third-order valence-corrected chi connectivity index (χ3v) is 7.31. The third kappa shape index (κ3) is 6.36. The number of fused-ring (bicyclic) bond motifs is 1. The van der Waals surface area contributed by atoms with Crippen molar-refractivity contribution in [2.45, 2.75) is 32.0 Å². The molecule has 214 valence electrons. The Labute approximate surface area is 243 Å². The third-order valence-electron chi connectivity index (χ3n) is 6.66. The molecule has 2 aliphatic rings. The summed E-state index contributed by atoms with van der Waals surface area (Å²) in [7, 11) is 0. The van der Waals surface area contributed by atoms with Crippen LogP contribution >= 0.6 is 23.2 Å². The van der Waals surface area contributed by atoms with Gasteiger partial charge in [0.25, 0.3) is 11.8 Å². The zero-order valence-corrected chi connectivity index (χ0v) is 22.8. The molecule has 0 unspecified atom stereocenters. The minimum Gasteiger partial charge on any atom is -0.489 e. The summed E-state index contributed by atoms with van der Waals surface area (Å²) < 4.78 is 42.2. The number of pyridine rings is 1. The molecule has 9 nitrogen and oxygen atoms in total. The second-order valence-corrected chi connectivity index (χ2v) is 10.4. The summed E-state index contributed by atoms with van der Waals surface area (Å²) in [5, 5.41) is 0.412. The maximum atomic E-state index is 13.2. The number of esters is 1. The number of anilines is 1. The van der Waals surface area contributed by atoms with Gasteiger partial charge in [-0.15, -0.1) is 0 Å². The molecule has 1 aliphatic carbocycles. The average Bonchev–Trinajstić information content (AvgIpc) is 3.72. The van der Waals surface area contributed by atoms with Crippen molar-refractivity contribution in [3.63, 3.8) is 0 Å². The van der Waals surface area contributed by atoms with E-state index in [0.717, 1.165) is 17.7 Å². The number of halogens is 4. The number of hydrogen-bond donors (Lipinski definition) is 1. The Bertz CT molecular complexity index is 1500. The molecule has 0 bridgehead atoms. The number of amides is 2. The zero-order chi connectivity index (χ0) is 29.3. The molecule has 13 heteroatoms. The van der Waals surface area contributed by atoms with Crippen LogP contribution in [-0.4, -0.2) is 47.4 Å². The quantitative estimate of drug-likeness (QED) is 0.173. The van der Waals surface area contributed by atoms with E-state index in [0.29, 0.717) is 23.7 Å². The average molecular weight is 606 g/mol. The highest BCUT2D eigenvalue weighted by Crippen LogP contribution is 2.38. The second kappa shape index (κ2) is 11.9. The predicted octanol–water partition coefficient (Wildman–Crippen LogP) is 5.48. The maximum absolute atomic E-state index is 13.2. The summed E-state index contributed by atoms with van der Waals surface area (Å²) in [6, 6.07) is 8.61. The fraction of sp³-hybridized carbons (Fsp3) is 0.286. The summed E-state index contributed by atoms with van der Waals surface area (Å²) in [6.45, 7) is -3.48. The monoisotopic (exact) mass is 605 g/mol. The number of carbonyl (C=O) groups is 3. The number of ether oxygens (including phenoxy) is 3. The maximum Gasteiger partial charge on any atom is 0.387 e. The number of benzene rings is 2. The van der Waals surface area contributed by atoms with Gasteiger partial charge in [0.2, 0.25) is 0 Å². The largest absolute Gasteiger partial charge is 0.489 e. The molecule has 1 fully saturated rings. The molecule has 0 spiro atoms. The fourth-order valence-corrected chi connectivity index (χ4v) is 4.92. The van der Waals surface area contributed by atoms with Gasteiger partial charge in [0.1, 0.15) is 12.6 Å². The number of carbonyl (C=O) groups excluding carboxylic acids is 3. The van der Waals surface area contributed by atoms with Crippen molar-refractivity contribution in [2.75, 3.05) is 18.9 Å². The van der Waals surface area contributed by atoms with Crippen LogP contribution in [0.15, 0.2) is 48.8 Å². The van der Waals surface area contributed by atoms with Crippen molar-refractivity contribution >= 4 is 46.7 Å². The summed E-state index contributed by atoms with van der Waals surface area (Å²) >= 11 is 12.6. The number of imide groups is 1. The van der Waals surface area contributed by atoms with E-state index >= 15 is 0 Å². The van der Waals surface area contributed by atoms with Gasteiger partial charge in [0, 0.05) is 24.5 Å². The molecule has 0 radical (unpaired) electrons. The first-order chi connectivity index (χ1) is 19.6. The fourth-order valence-electron chi connectivity index (χ4n) is 4.40. The Kier molecular flexibility index (Phi) is 8.27. The molecule has 5 rings (SSSR count). The second-order valence-electron chi connectivity index (χ2n) is 9.57. The molecular formula is C28H23Cl2F2N3O6. The van der Waals surface area contributed by atoms with Crippen LogP contribution < -0.4 is 15.2 Å². The lowest BCUT2D eigenvalue weighted by Crippen LogP contribution is -2.36. The lowest BCUT2D eigenvalue weighted by atomic mass is 10.0. The molecule has 1 aliphatic heterocycles. The molecule has 2 heterocycles. The number of hydrogen-bond acceptors (Lipinski definition) is 8. The summed E-state index contributed by atoms with van der Waals surface area (Å²) in [4.78, 5) is 43.6. The minimum absolute atomic E-state index is 0.0178. The van der Waals surface area contributed by atoms with E-state index in [1.165, 1.54) is 48.8 Å². The van der Waals surface area contributed by atoms with E-state index in [1.54, 1.807) is 0 Å². The lowest BCUT2D eigenvalue weighted by Gasteiger charge is -2.22. The molecular weight excluding hydrogens is 583 g/mol. The number of nitrogens with zero attached hydrogens (tertiary/aromatic N) is 2. The number of aromatic nitrogens is 1. The van der Waals surface area contributed by atoms with Crippen molar-refractivity contribution < 1.29 is 37.4 Å². The van der Waals surface area contributed by atoms with Crippen LogP contribution in [0.3, 0.4) is 0 Å². The van der Waals surface area contributed by atoms with Crippen LogP contribution in [0.2, 0.25) is 10.0 Å². The van der Waals surface area contributed by atoms with E-state index in [2.05, 4.69) is 9.72 Å². The van der Waals surface area contributed by atoms with Gasteiger partial charge in [0.05, 0.1) is 27.8 Å². The molecule has 1 aromatic heterocycles. The van der Waals surface area contributed by atoms with Crippen LogP contribution in [0.4, 0.5) is 14.5 Å². The van der Waals surface area contributed by atoms with Crippen LogP contribution in [0.5, 0.6) is 11.5 Å². The van der Waals surface area contributed by atoms with Crippen LogP contribution in [0.25, 0.3) is 0 Å². The first-order valence-electron chi connectivity index (χ1n) is 12.6. The van der Waals surface area contributed by atoms with E-state index < -0.39 is 37.0 Å². The van der Waals surface area contributed by atoms with Crippen LogP contribution in [0, 0.1) is 5.92 Å². The summed E-state index contributed by atoms with van der Waals surface area (Å²) in [6.07, 6.45) is 3.55. The molecule has 1 atom stereocenters. The van der Waals surface area contributed by atoms with Gasteiger partial charge in [-0.2, -0.15) is 8.78 Å². The highest BCUT2D eigenvalue weighted by molar-refractivity contribution is 6.35. The van der Waals surface area contributed by atoms with E-state index in [4.69, 9.17) is 38.4 Å². The topological polar surface area (TPSA) is 121 Å². The SMILES string of the molecule is Nc1cccc2c1C(=O)N(CC(=O)O[C@@H](Cc1c(Cl)cncc1Cl)c1ccc(OC(F)F)c(OCC3CC3)c1)C2=O. The number of alkyl halides is 2. The van der Waals surface area contributed by atoms with Gasteiger partial charge < -0.3 is 19.9 Å². The summed E-state index contributed by atoms with van der Waals surface area (Å²) in [5.41, 5.74) is 6.85. The Morgan fingerprint density at radius 1 is 1.07 bits per heavy atom. The van der Waals surface area contributed by atoms with Gasteiger partial charge in [0.15, 0.2) is 11.5 Å². The highest BCUT2D eigenvalue weighted by Gasteiger charge is 2.39. The zero-order valence-electron chi connectivity index (χ0n) is 21.3. The first kappa shape index (κ1) is 28.6. The molecule has 2 aromatic carbocycles. The Hall–Kier alpha value is -3.96. The van der Waals surface area contributed by atoms with Gasteiger partial charge in [-0.25, -0.2) is 0 Å². The number of rotatable bonds is 11. The predicted molar refractivity (Wildman–Crippen MR) is 144 cm³/mol. The van der Waals surface area contributed by atoms with Gasteiger partial charge in [-0.1, -0.05) is 35.3 Å². The Morgan fingerprint density at radius 2 is 1.80 bits per heavy atom. The highest BCUT2D eigenvalue weighted by atomic mass is 35.5. The van der Waals surface area contributed by atoms with E-state index in [1.807, 2.05) is 0 Å². The molecule has 0 saturated heterocycles. The molecule has 3 aromatic rings. The van der Waals surface area contributed by atoms with Crippen LogP contribution in [-0.2, 0) is 16.0 Å². The van der Waals surface area contributed by atoms with Crippen molar-refractivity contribution in [2.24, 2.45) is 5.92 Å². The van der Waals surface area contributed by atoms with E-state index in [9.17, 15) is 23.2 Å². The van der Waals surface area contributed by atoms with Gasteiger partial charge in [-0.05, 0) is 54.2 Å². The molecule has 2 amide bonds. The minimum atomic E-state index is -3.08. The Morgan fingerprint density at radius 3 is 2.46 bits per heavy atom. The van der Waals surface area contributed by atoms with Crippen LogP contribution in [0.1, 0.15) is 50.8 Å². The summed E-state index contributed by atoms with van der Waals surface area (Å²) in [5.74, 6) is -2.15. The van der Waals surface area contributed by atoms with Gasteiger partial charge in [-0.3, -0.25) is 24.3 Å². The van der Waals surface area contributed by atoms with E-state index in [-0.39, 0.29) is 44.8 Å². The van der Waals surface area contributed by atoms with Crippen molar-refractivity contribution in [1.82, 2.24) is 9.88 Å². The normalized spacial score (nSPS) is 15.2. The van der Waals surface area contributed by atoms with Crippen molar-refractivity contribution in [3.05, 3.63) is 81.1 Å². The van der Waals surface area contributed by atoms with Crippen molar-refractivity contribution in [3.8, 4) is 11.5 Å². The molecule has 41 heavy (non-hydrogen) atoms. The Balaban J connectivity index is 1.43. The first-order valence-corrected chi connectivity index (χ1v) is 13.3. The lowest BCUT2D eigenvalue weighted by molar-refractivity contribution is -0.149. The number of nitrogens with two attached hydrogens (primary N) is 1. The van der Waals surface area contributed by atoms with Crippen molar-refractivity contribution in [1.29, 1.82) is 0 Å². The van der Waals surface area contributed by atoms with Gasteiger partial charge >= 0.3 is 12.6 Å². The molecule has 2 N–H and O–H groups in total. The molecule has 1 saturated carbocycles. The standard InChI is InChI=1S/C28H23Cl2F2N3O6/c29-18-10-34-11-19(30)17(18)9-22(15-6-7-21(41-28(31)32)23(8-15)39-13-14-4-5-14)40-24(36)12-35-26(37)16-2-1-3-20(33)25(16)27(35)38/h1-3,6-8,10-11,14,22,28H,4-5,9,12-13,33H2/t22-/m0/s1.